The summed E-state index contributed by atoms with van der Waals surface area (Å²) in [5, 5.41) is 24.8. The Morgan fingerprint density at radius 1 is 1.19 bits per heavy atom. The van der Waals surface area contributed by atoms with Gasteiger partial charge in [-0.25, -0.2) is 8.78 Å². The molecule has 0 bridgehead atoms. The van der Waals surface area contributed by atoms with Gasteiger partial charge in [0.25, 0.3) is 0 Å². The van der Waals surface area contributed by atoms with Gasteiger partial charge in [0.2, 0.25) is 5.91 Å². The van der Waals surface area contributed by atoms with Crippen LogP contribution in [-0.2, 0) is 16.9 Å². The quantitative estimate of drug-likeness (QED) is 0.251. The lowest BCUT2D eigenvalue weighted by Gasteiger charge is -2.40. The number of benzene rings is 2. The number of nitrogens with one attached hydrogen (secondary N) is 3. The van der Waals surface area contributed by atoms with Gasteiger partial charge in [-0.15, -0.1) is 0 Å². The second-order valence-electron chi connectivity index (χ2n) is 13.0. The first-order valence-electron chi connectivity index (χ1n) is 14.4. The summed E-state index contributed by atoms with van der Waals surface area (Å²) in [6.45, 7) is 7.73. The van der Waals surface area contributed by atoms with Crippen molar-refractivity contribution in [2.75, 3.05) is 18.4 Å². The van der Waals surface area contributed by atoms with Crippen molar-refractivity contribution >= 4 is 34.9 Å². The summed E-state index contributed by atoms with van der Waals surface area (Å²) in [4.78, 5) is 14.0. The molecule has 0 saturated carbocycles. The minimum Gasteiger partial charge on any atom is -0.388 e. The van der Waals surface area contributed by atoms with E-state index in [9.17, 15) is 9.90 Å². The van der Waals surface area contributed by atoms with E-state index >= 15 is 8.78 Å². The molecule has 3 heterocycles. The van der Waals surface area contributed by atoms with Crippen LogP contribution in [0.5, 0.6) is 0 Å². The molecule has 3 aromatic rings. The van der Waals surface area contributed by atoms with Gasteiger partial charge in [0.05, 0.1) is 28.7 Å². The van der Waals surface area contributed by atoms with Gasteiger partial charge >= 0.3 is 0 Å². The molecule has 5 rings (SSSR count). The highest BCUT2D eigenvalue weighted by Gasteiger charge is 2.58. The normalized spacial score (nSPS) is 25.6. The molecule has 0 radical (unpaired) electrons. The van der Waals surface area contributed by atoms with Crippen LogP contribution in [0.4, 0.5) is 14.6 Å². The van der Waals surface area contributed by atoms with Gasteiger partial charge in [-0.05, 0) is 61.5 Å². The Morgan fingerprint density at radius 3 is 2.58 bits per heavy atom. The number of aliphatic hydroxyl groups is 1. The van der Waals surface area contributed by atoms with Crippen LogP contribution < -0.4 is 21.7 Å². The van der Waals surface area contributed by atoms with Crippen LogP contribution in [0.3, 0.4) is 0 Å². The van der Waals surface area contributed by atoms with E-state index in [2.05, 4.69) is 21.0 Å². The Bertz CT molecular complexity index is 1490. The molecule has 2 saturated heterocycles. The second-order valence-corrected chi connectivity index (χ2v) is 13.8. The molecule has 43 heavy (non-hydrogen) atoms. The summed E-state index contributed by atoms with van der Waals surface area (Å²) >= 11 is 12.3. The maximum Gasteiger partial charge on any atom is 0.243 e. The fourth-order valence-corrected chi connectivity index (χ4v) is 6.82. The van der Waals surface area contributed by atoms with Crippen molar-refractivity contribution in [2.24, 2.45) is 11.1 Å². The third-order valence-corrected chi connectivity index (χ3v) is 9.03. The van der Waals surface area contributed by atoms with Gasteiger partial charge in [-0.1, -0.05) is 62.2 Å². The van der Waals surface area contributed by atoms with E-state index in [4.69, 9.17) is 28.9 Å². The average molecular weight is 636 g/mol. The summed E-state index contributed by atoms with van der Waals surface area (Å²) in [5.41, 5.74) is 4.67. The van der Waals surface area contributed by atoms with Crippen LogP contribution in [0.1, 0.15) is 57.1 Å². The number of hydrogen-bond acceptors (Lipinski definition) is 6. The van der Waals surface area contributed by atoms with Gasteiger partial charge in [0, 0.05) is 34.8 Å². The Labute approximate surface area is 260 Å². The van der Waals surface area contributed by atoms with Gasteiger partial charge in [-0.3, -0.25) is 9.48 Å². The van der Waals surface area contributed by atoms with Crippen molar-refractivity contribution < 1.29 is 18.7 Å². The summed E-state index contributed by atoms with van der Waals surface area (Å²) in [5.74, 6) is -2.70. The van der Waals surface area contributed by atoms with Crippen LogP contribution in [-0.4, -0.2) is 51.6 Å². The highest BCUT2D eigenvalue weighted by atomic mass is 35.5. The SMILES string of the molecule is CC(C)(C)C[C@@H]1N[C@@H](C(=O)Nc2ccn(CC3(O)CCNCC3)n2)[C@H](c2cccc(Cl)c2F)[C@@]1(N)c1ccc(Cl)cc1F. The number of aromatic nitrogens is 2. The van der Waals surface area contributed by atoms with Crippen LogP contribution in [0, 0.1) is 17.0 Å². The monoisotopic (exact) mass is 634 g/mol. The minimum absolute atomic E-state index is 0.0899. The number of nitrogens with two attached hydrogens (primary N) is 1. The largest absolute Gasteiger partial charge is 0.388 e. The summed E-state index contributed by atoms with van der Waals surface area (Å²) in [6, 6.07) is 8.62. The van der Waals surface area contributed by atoms with Crippen LogP contribution in [0.2, 0.25) is 10.0 Å². The van der Waals surface area contributed by atoms with Crippen LogP contribution in [0.25, 0.3) is 0 Å². The van der Waals surface area contributed by atoms with Gasteiger partial charge < -0.3 is 26.8 Å². The number of carbonyl (C=O) groups excluding carboxylic acids is 1. The molecule has 8 nitrogen and oxygen atoms in total. The summed E-state index contributed by atoms with van der Waals surface area (Å²) in [6.07, 6.45) is 3.30. The number of anilines is 1. The third-order valence-electron chi connectivity index (χ3n) is 8.50. The number of hydrogen-bond donors (Lipinski definition) is 5. The van der Waals surface area contributed by atoms with Crippen molar-refractivity contribution in [3.05, 3.63) is 81.5 Å². The van der Waals surface area contributed by atoms with E-state index in [1.54, 1.807) is 23.0 Å². The van der Waals surface area contributed by atoms with Crippen molar-refractivity contribution in [1.82, 2.24) is 20.4 Å². The molecule has 4 atom stereocenters. The molecule has 2 fully saturated rings. The molecule has 2 aliphatic heterocycles. The lowest BCUT2D eigenvalue weighted by atomic mass is 9.68. The zero-order valence-corrected chi connectivity index (χ0v) is 25.9. The van der Waals surface area contributed by atoms with Gasteiger partial charge in [-0.2, -0.15) is 5.10 Å². The van der Waals surface area contributed by atoms with Crippen molar-refractivity contribution in [2.45, 2.75) is 75.7 Å². The molecule has 1 amide bonds. The molecule has 2 aromatic carbocycles. The van der Waals surface area contributed by atoms with E-state index in [1.807, 2.05) is 20.8 Å². The standard InChI is InChI=1S/C31H38Cl2F2N6O2/c1-29(2,3)16-23-31(36,20-8-7-18(32)15-22(20)34)25(19-5-4-6-21(33)26(19)35)27(38-23)28(42)39-24-9-14-41(40-24)17-30(43)10-12-37-13-11-30/h4-9,14-15,23,25,27,37-38,43H,10-13,16-17,36H2,1-3H3,(H,39,40,42)/t23-,25-,27+,31+/m0/s1. The molecule has 0 unspecified atom stereocenters. The highest BCUT2D eigenvalue weighted by Crippen LogP contribution is 2.50. The molecular weight excluding hydrogens is 597 g/mol. The van der Waals surface area contributed by atoms with E-state index in [0.717, 1.165) is 0 Å². The van der Waals surface area contributed by atoms with E-state index < -0.39 is 46.7 Å². The zero-order valence-electron chi connectivity index (χ0n) is 24.4. The second kappa shape index (κ2) is 12.1. The third kappa shape index (κ3) is 6.60. The van der Waals surface area contributed by atoms with Crippen LogP contribution >= 0.6 is 23.2 Å². The Balaban J connectivity index is 1.54. The minimum atomic E-state index is -1.58. The number of nitrogens with zero attached hydrogens (tertiary/aromatic N) is 2. The smallest absolute Gasteiger partial charge is 0.243 e. The molecule has 1 aromatic heterocycles. The van der Waals surface area contributed by atoms with Crippen LogP contribution in [0.15, 0.2) is 48.7 Å². The molecule has 232 valence electrons. The molecule has 0 spiro atoms. The Hall–Kier alpha value is -2.60. The van der Waals surface area contributed by atoms with Gasteiger partial charge in [0.1, 0.15) is 11.6 Å². The number of rotatable bonds is 7. The van der Waals surface area contributed by atoms with Crippen molar-refractivity contribution in [1.29, 1.82) is 0 Å². The van der Waals surface area contributed by atoms with Crippen molar-refractivity contribution in [3.63, 3.8) is 0 Å². The first-order valence-corrected chi connectivity index (χ1v) is 15.2. The van der Waals surface area contributed by atoms with Crippen molar-refractivity contribution in [3.8, 4) is 0 Å². The molecule has 0 aliphatic carbocycles. The molecule has 6 N–H and O–H groups in total. The first kappa shape index (κ1) is 31.8. The summed E-state index contributed by atoms with van der Waals surface area (Å²) < 4.78 is 33.0. The molecule has 12 heteroatoms. The maximum atomic E-state index is 15.8. The fourth-order valence-electron chi connectivity index (χ4n) is 6.48. The average Bonchev–Trinajstić information content (AvgIpc) is 3.46. The Kier molecular flexibility index (Phi) is 8.92. The van der Waals surface area contributed by atoms with E-state index in [1.165, 1.54) is 30.3 Å². The fraction of sp³-hybridized carbons (Fsp3) is 0.484. The van der Waals surface area contributed by atoms with E-state index in [-0.39, 0.29) is 38.9 Å². The number of carbonyl (C=O) groups is 1. The zero-order chi connectivity index (χ0) is 31.2. The van der Waals surface area contributed by atoms with Gasteiger partial charge in [0.15, 0.2) is 5.82 Å². The summed E-state index contributed by atoms with van der Waals surface area (Å²) in [7, 11) is 0. The predicted molar refractivity (Wildman–Crippen MR) is 164 cm³/mol. The number of amides is 1. The first-order chi connectivity index (χ1) is 20.2. The number of piperidine rings is 1. The number of halogens is 4. The molecule has 2 aliphatic rings. The van der Waals surface area contributed by atoms with E-state index in [0.29, 0.717) is 32.4 Å². The Morgan fingerprint density at radius 2 is 1.91 bits per heavy atom. The lowest BCUT2D eigenvalue weighted by Crippen LogP contribution is -2.52. The topological polar surface area (TPSA) is 117 Å². The lowest BCUT2D eigenvalue weighted by molar-refractivity contribution is -0.118. The molecular formula is C31H38Cl2F2N6O2. The highest BCUT2D eigenvalue weighted by molar-refractivity contribution is 6.31. The maximum absolute atomic E-state index is 15.8. The predicted octanol–water partition coefficient (Wildman–Crippen LogP) is 4.94.